The van der Waals surface area contributed by atoms with Crippen molar-refractivity contribution >= 4 is 51.6 Å². The Labute approximate surface area is 163 Å². The smallest absolute Gasteiger partial charge is 0.266 e. The molecule has 138 valence electrons. The summed E-state index contributed by atoms with van der Waals surface area (Å²) in [4.78, 5) is 15.4. The number of aromatic nitrogens is 6. The van der Waals surface area contributed by atoms with Crippen LogP contribution in [0.2, 0.25) is 0 Å². The van der Waals surface area contributed by atoms with Crippen LogP contribution < -0.4 is 13.3 Å². The Morgan fingerprint density at radius 2 is 2.27 bits per heavy atom. The van der Waals surface area contributed by atoms with Crippen LogP contribution >= 0.6 is 23.0 Å². The maximum absolute atomic E-state index is 13.6. The molecule has 0 saturated carbocycles. The third kappa shape index (κ3) is 3.04. The average molecular weight is 472 g/mol. The first-order valence-corrected chi connectivity index (χ1v) is 9.18. The minimum Gasteiger partial charge on any atom is -0.404 e. The van der Waals surface area contributed by atoms with Crippen molar-refractivity contribution in [3.05, 3.63) is 12.5 Å². The van der Waals surface area contributed by atoms with Crippen LogP contribution in [0.5, 0.6) is 5.88 Å². The molecule has 1 aliphatic rings. The van der Waals surface area contributed by atoms with Crippen molar-refractivity contribution in [1.82, 2.24) is 29.3 Å². The number of nitrogens with zero attached hydrogens (tertiary/aromatic N) is 7. The summed E-state index contributed by atoms with van der Waals surface area (Å²) in [6.07, 6.45) is 3.17. The van der Waals surface area contributed by atoms with Crippen LogP contribution in [0.25, 0.3) is 11.2 Å². The van der Waals surface area contributed by atoms with E-state index >= 15 is 0 Å². The van der Waals surface area contributed by atoms with Gasteiger partial charge in [0.2, 0.25) is 5.95 Å². The van der Waals surface area contributed by atoms with Crippen LogP contribution in [0.15, 0.2) is 12.5 Å². The molecule has 26 heavy (non-hydrogen) atoms. The molecule has 0 amide bonds. The van der Waals surface area contributed by atoms with Crippen molar-refractivity contribution in [2.24, 2.45) is 7.05 Å². The van der Waals surface area contributed by atoms with Gasteiger partial charge in [-0.2, -0.15) is 9.97 Å². The normalized spacial score (nSPS) is 17.2. The lowest BCUT2D eigenvalue weighted by molar-refractivity contribution is 0.364. The van der Waals surface area contributed by atoms with Crippen LogP contribution in [0.1, 0.15) is 13.3 Å². The first-order chi connectivity index (χ1) is 12.6. The molecule has 4 rings (SSSR count). The Hall–Kier alpha value is -2.18. The zero-order valence-corrected chi connectivity index (χ0v) is 16.5. The molecule has 1 fully saturated rings. The highest BCUT2D eigenvalue weighted by Crippen LogP contribution is 2.31. The van der Waals surface area contributed by atoms with Gasteiger partial charge in [-0.15, -0.1) is 5.10 Å². The Kier molecular flexibility index (Phi) is 4.54. The van der Waals surface area contributed by atoms with Crippen molar-refractivity contribution in [3.63, 3.8) is 0 Å². The van der Waals surface area contributed by atoms with Crippen molar-refractivity contribution < 1.29 is 7.46 Å². The van der Waals surface area contributed by atoms with Crippen molar-refractivity contribution in [2.75, 3.05) is 23.3 Å². The molecule has 1 atom stereocenters. The van der Waals surface area contributed by atoms with Gasteiger partial charge in [0.25, 0.3) is 5.88 Å². The maximum atomic E-state index is 13.6. The van der Waals surface area contributed by atoms with Crippen LogP contribution in [0.3, 0.4) is 0 Å². The van der Waals surface area contributed by atoms with Gasteiger partial charge in [0.1, 0.15) is 11.9 Å². The molecule has 1 saturated heterocycles. The highest BCUT2D eigenvalue weighted by molar-refractivity contribution is 14.1. The van der Waals surface area contributed by atoms with E-state index in [0.29, 0.717) is 60.6 Å². The van der Waals surface area contributed by atoms with Gasteiger partial charge in [-0.25, -0.2) is 9.37 Å². The quantitative estimate of drug-likeness (QED) is 0.572. The summed E-state index contributed by atoms with van der Waals surface area (Å²) in [6, 6.07) is 0. The number of aryl methyl sites for hydroxylation is 2. The number of hydrogen-bond donors (Lipinski definition) is 1. The summed E-state index contributed by atoms with van der Waals surface area (Å²) >= 11 is 1.80. The number of imidazole rings is 1. The standard InChI is InChI=1S/C15H18FIN8O/c1-3-25-7-10(14(22-25)26-17)19-12-11-13(23(2)8-18-11)21-15(20-12)24-5-4-9(16)6-24/h7-9H,3-6H2,1-2H3,(H,19,20,21). The zero-order chi connectivity index (χ0) is 18.3. The fourth-order valence-electron chi connectivity index (χ4n) is 2.96. The van der Waals surface area contributed by atoms with Gasteiger partial charge >= 0.3 is 0 Å². The van der Waals surface area contributed by atoms with E-state index < -0.39 is 6.17 Å². The molecule has 3 aromatic rings. The summed E-state index contributed by atoms with van der Waals surface area (Å²) in [5, 5.41) is 7.58. The summed E-state index contributed by atoms with van der Waals surface area (Å²) in [6.45, 7) is 3.61. The molecule has 0 bridgehead atoms. The molecule has 9 nitrogen and oxygen atoms in total. The van der Waals surface area contributed by atoms with Crippen molar-refractivity contribution in [1.29, 1.82) is 0 Å². The lowest BCUT2D eigenvalue weighted by Crippen LogP contribution is -2.23. The van der Waals surface area contributed by atoms with E-state index in [0.717, 1.165) is 0 Å². The minimum atomic E-state index is -0.848. The molecule has 1 aliphatic heterocycles. The van der Waals surface area contributed by atoms with Crippen LogP contribution in [0, 0.1) is 0 Å². The number of hydrogen-bond acceptors (Lipinski definition) is 7. The molecule has 3 aromatic heterocycles. The molecule has 0 radical (unpaired) electrons. The second kappa shape index (κ2) is 6.85. The Balaban J connectivity index is 1.77. The van der Waals surface area contributed by atoms with Gasteiger partial charge in [-0.05, 0) is 13.3 Å². The number of rotatable bonds is 5. The van der Waals surface area contributed by atoms with Crippen molar-refractivity contribution in [2.45, 2.75) is 26.1 Å². The summed E-state index contributed by atoms with van der Waals surface area (Å²) in [5.74, 6) is 1.49. The number of fused-ring (bicyclic) bond motifs is 1. The van der Waals surface area contributed by atoms with Gasteiger partial charge in [0, 0.05) is 20.1 Å². The molecule has 0 spiro atoms. The maximum Gasteiger partial charge on any atom is 0.266 e. The van der Waals surface area contributed by atoms with E-state index in [1.807, 2.05) is 29.6 Å². The third-order valence-corrected chi connectivity index (χ3v) is 4.76. The highest BCUT2D eigenvalue weighted by Gasteiger charge is 2.26. The second-order valence-electron chi connectivity index (χ2n) is 6.14. The molecule has 11 heteroatoms. The minimum absolute atomic E-state index is 0.304. The predicted molar refractivity (Wildman–Crippen MR) is 104 cm³/mol. The average Bonchev–Trinajstić information content (AvgIpc) is 3.34. The number of nitrogens with one attached hydrogen (secondary N) is 1. The molecule has 4 heterocycles. The molecule has 1 unspecified atom stereocenters. The zero-order valence-electron chi connectivity index (χ0n) is 14.4. The number of halogens is 2. The van der Waals surface area contributed by atoms with Crippen LogP contribution in [-0.2, 0) is 13.6 Å². The number of alkyl halides is 1. The molecular formula is C15H18FIN8O. The lowest BCUT2D eigenvalue weighted by atomic mass is 10.3. The van der Waals surface area contributed by atoms with Gasteiger partial charge in [-0.1, -0.05) is 0 Å². The predicted octanol–water partition coefficient (Wildman–Crippen LogP) is 2.60. The van der Waals surface area contributed by atoms with E-state index in [9.17, 15) is 4.39 Å². The van der Waals surface area contributed by atoms with Crippen molar-refractivity contribution in [3.8, 4) is 5.88 Å². The fourth-order valence-corrected chi connectivity index (χ4v) is 3.28. The van der Waals surface area contributed by atoms with E-state index in [2.05, 4.69) is 25.4 Å². The Morgan fingerprint density at radius 1 is 1.42 bits per heavy atom. The first kappa shape index (κ1) is 17.2. The molecular weight excluding hydrogens is 454 g/mol. The van der Waals surface area contributed by atoms with Crippen LogP contribution in [-0.4, -0.2) is 48.6 Å². The highest BCUT2D eigenvalue weighted by atomic mass is 127. The Bertz CT molecular complexity index is 941. The largest absolute Gasteiger partial charge is 0.404 e. The molecule has 1 N–H and O–H groups in total. The fraction of sp³-hybridized carbons (Fsp3) is 0.467. The molecule has 0 aromatic carbocycles. The number of anilines is 3. The lowest BCUT2D eigenvalue weighted by Gasteiger charge is -2.16. The Morgan fingerprint density at radius 3 is 2.96 bits per heavy atom. The van der Waals surface area contributed by atoms with E-state index in [4.69, 9.17) is 3.07 Å². The van der Waals surface area contributed by atoms with Gasteiger partial charge < -0.3 is 17.9 Å². The topological polar surface area (TPSA) is 85.9 Å². The summed E-state index contributed by atoms with van der Waals surface area (Å²) < 4.78 is 22.5. The van der Waals surface area contributed by atoms with E-state index in [1.54, 1.807) is 34.0 Å². The van der Waals surface area contributed by atoms with Crippen LogP contribution in [0.4, 0.5) is 21.8 Å². The van der Waals surface area contributed by atoms with E-state index in [1.165, 1.54) is 0 Å². The third-order valence-electron chi connectivity index (χ3n) is 4.34. The van der Waals surface area contributed by atoms with Gasteiger partial charge in [0.15, 0.2) is 40.0 Å². The first-order valence-electron chi connectivity index (χ1n) is 8.30. The summed E-state index contributed by atoms with van der Waals surface area (Å²) in [5.41, 5.74) is 2.00. The monoisotopic (exact) mass is 472 g/mol. The second-order valence-corrected chi connectivity index (χ2v) is 6.58. The summed E-state index contributed by atoms with van der Waals surface area (Å²) in [7, 11) is 1.87. The van der Waals surface area contributed by atoms with Gasteiger partial charge in [-0.3, -0.25) is 4.68 Å². The SMILES string of the molecule is CCn1cc(Nc2nc(N3CCC(F)C3)nc3c2ncn3C)c(OI)n1. The van der Waals surface area contributed by atoms with Gasteiger partial charge in [0.05, 0.1) is 19.1 Å². The van der Waals surface area contributed by atoms with E-state index in [-0.39, 0.29) is 0 Å². The molecule has 0 aliphatic carbocycles.